The lowest BCUT2D eigenvalue weighted by atomic mass is 10.1. The van der Waals surface area contributed by atoms with E-state index in [4.69, 9.17) is 15.2 Å². The molecule has 0 fully saturated rings. The third-order valence-electron chi connectivity index (χ3n) is 3.03. The van der Waals surface area contributed by atoms with Gasteiger partial charge < -0.3 is 20.1 Å². The Balaban J connectivity index is 4.08. The van der Waals surface area contributed by atoms with Crippen molar-refractivity contribution in [2.75, 3.05) is 46.1 Å². The Morgan fingerprint density at radius 2 is 1.68 bits per heavy atom. The van der Waals surface area contributed by atoms with Gasteiger partial charge in [0.1, 0.15) is 0 Å². The molecule has 0 aliphatic carbocycles. The first-order chi connectivity index (χ1) is 9.15. The van der Waals surface area contributed by atoms with Gasteiger partial charge in [-0.05, 0) is 32.7 Å². The summed E-state index contributed by atoms with van der Waals surface area (Å²) >= 11 is 0. The summed E-state index contributed by atoms with van der Waals surface area (Å²) in [6.07, 6.45) is 1.39. The zero-order chi connectivity index (χ0) is 14.5. The van der Waals surface area contributed by atoms with Crippen LogP contribution < -0.4 is 5.73 Å². The van der Waals surface area contributed by atoms with Crippen molar-refractivity contribution in [1.29, 1.82) is 0 Å². The molecule has 114 valence electrons. The molecule has 19 heavy (non-hydrogen) atoms. The van der Waals surface area contributed by atoms with E-state index in [0.29, 0.717) is 58.4 Å². The number of hydrogen-bond acceptors (Lipinski definition) is 4. The standard InChI is InChI=1S/C14H30N2O3/c1-4-18-10-8-16(9-11-19-5-2)14(17)7-6-13(3)12-15/h13H,4-12,15H2,1-3H3. The maximum absolute atomic E-state index is 12.1. The number of ether oxygens (including phenoxy) is 2. The molecule has 0 radical (unpaired) electrons. The van der Waals surface area contributed by atoms with Crippen molar-refractivity contribution in [1.82, 2.24) is 4.90 Å². The molecule has 2 N–H and O–H groups in total. The van der Waals surface area contributed by atoms with Crippen molar-refractivity contribution in [3.05, 3.63) is 0 Å². The Bertz CT molecular complexity index is 215. The van der Waals surface area contributed by atoms with Crippen LogP contribution in [0.4, 0.5) is 0 Å². The molecule has 0 rings (SSSR count). The van der Waals surface area contributed by atoms with Gasteiger partial charge in [0, 0.05) is 32.7 Å². The SMILES string of the molecule is CCOCCN(CCOCC)C(=O)CCC(C)CN. The van der Waals surface area contributed by atoms with E-state index in [9.17, 15) is 4.79 Å². The molecule has 0 aromatic carbocycles. The number of carbonyl (C=O) groups is 1. The minimum atomic E-state index is 0.166. The molecule has 5 heteroatoms. The Morgan fingerprint density at radius 1 is 1.16 bits per heavy atom. The van der Waals surface area contributed by atoms with E-state index in [1.165, 1.54) is 0 Å². The molecule has 0 heterocycles. The maximum Gasteiger partial charge on any atom is 0.222 e. The second-order valence-electron chi connectivity index (χ2n) is 4.65. The minimum Gasteiger partial charge on any atom is -0.380 e. The number of rotatable bonds is 12. The van der Waals surface area contributed by atoms with Gasteiger partial charge >= 0.3 is 0 Å². The lowest BCUT2D eigenvalue weighted by molar-refractivity contribution is -0.133. The number of amides is 1. The van der Waals surface area contributed by atoms with Gasteiger partial charge in [0.25, 0.3) is 0 Å². The van der Waals surface area contributed by atoms with E-state index in [2.05, 4.69) is 6.92 Å². The molecular weight excluding hydrogens is 244 g/mol. The molecule has 1 amide bonds. The monoisotopic (exact) mass is 274 g/mol. The Labute approximate surface area is 117 Å². The first-order valence-electron chi connectivity index (χ1n) is 7.28. The highest BCUT2D eigenvalue weighted by Crippen LogP contribution is 2.06. The van der Waals surface area contributed by atoms with Crippen LogP contribution in [0.15, 0.2) is 0 Å². The van der Waals surface area contributed by atoms with Gasteiger partial charge in [0.2, 0.25) is 5.91 Å². The number of hydrogen-bond donors (Lipinski definition) is 1. The van der Waals surface area contributed by atoms with E-state index >= 15 is 0 Å². The van der Waals surface area contributed by atoms with E-state index in [-0.39, 0.29) is 5.91 Å². The second-order valence-corrected chi connectivity index (χ2v) is 4.65. The fourth-order valence-corrected chi connectivity index (χ4v) is 1.65. The van der Waals surface area contributed by atoms with Crippen molar-refractivity contribution in [2.45, 2.75) is 33.6 Å². The normalized spacial score (nSPS) is 12.4. The molecule has 0 aliphatic rings. The highest BCUT2D eigenvalue weighted by Gasteiger charge is 2.14. The zero-order valence-electron chi connectivity index (χ0n) is 12.7. The van der Waals surface area contributed by atoms with Crippen LogP contribution in [-0.4, -0.2) is 56.9 Å². The van der Waals surface area contributed by atoms with Gasteiger partial charge in [-0.1, -0.05) is 6.92 Å². The van der Waals surface area contributed by atoms with Crippen LogP contribution in [0.2, 0.25) is 0 Å². The molecule has 5 nitrogen and oxygen atoms in total. The highest BCUT2D eigenvalue weighted by atomic mass is 16.5. The third kappa shape index (κ3) is 9.87. The summed E-state index contributed by atoms with van der Waals surface area (Å²) in [5.41, 5.74) is 5.57. The molecule has 0 bridgehead atoms. The summed E-state index contributed by atoms with van der Waals surface area (Å²) in [4.78, 5) is 14.0. The summed E-state index contributed by atoms with van der Waals surface area (Å²) in [7, 11) is 0. The molecule has 0 saturated heterocycles. The Morgan fingerprint density at radius 3 is 2.11 bits per heavy atom. The first-order valence-corrected chi connectivity index (χ1v) is 7.28. The fraction of sp³-hybridized carbons (Fsp3) is 0.929. The van der Waals surface area contributed by atoms with E-state index in [1.807, 2.05) is 18.7 Å². The van der Waals surface area contributed by atoms with Crippen LogP contribution in [0.3, 0.4) is 0 Å². The largest absolute Gasteiger partial charge is 0.380 e. The van der Waals surface area contributed by atoms with Gasteiger partial charge in [-0.25, -0.2) is 0 Å². The Hall–Kier alpha value is -0.650. The molecule has 0 aromatic heterocycles. The first kappa shape index (κ1) is 18.4. The van der Waals surface area contributed by atoms with E-state index in [0.717, 1.165) is 6.42 Å². The highest BCUT2D eigenvalue weighted by molar-refractivity contribution is 5.76. The summed E-state index contributed by atoms with van der Waals surface area (Å²) in [6, 6.07) is 0. The van der Waals surface area contributed by atoms with Gasteiger partial charge in [0.05, 0.1) is 13.2 Å². The maximum atomic E-state index is 12.1. The van der Waals surface area contributed by atoms with E-state index < -0.39 is 0 Å². The van der Waals surface area contributed by atoms with Crippen LogP contribution in [0.1, 0.15) is 33.6 Å². The van der Waals surface area contributed by atoms with Crippen molar-refractivity contribution >= 4 is 5.91 Å². The molecule has 0 saturated carbocycles. The fourth-order valence-electron chi connectivity index (χ4n) is 1.65. The second kappa shape index (κ2) is 12.4. The van der Waals surface area contributed by atoms with Gasteiger partial charge in [-0.2, -0.15) is 0 Å². The van der Waals surface area contributed by atoms with Crippen LogP contribution in [-0.2, 0) is 14.3 Å². The predicted octanol–water partition coefficient (Wildman–Crippen LogP) is 1.26. The van der Waals surface area contributed by atoms with Crippen molar-refractivity contribution in [2.24, 2.45) is 11.7 Å². The molecule has 1 atom stereocenters. The van der Waals surface area contributed by atoms with Crippen LogP contribution >= 0.6 is 0 Å². The number of nitrogens with zero attached hydrogens (tertiary/aromatic N) is 1. The predicted molar refractivity (Wildman–Crippen MR) is 77.0 cm³/mol. The van der Waals surface area contributed by atoms with Gasteiger partial charge in [-0.15, -0.1) is 0 Å². The molecule has 0 spiro atoms. The van der Waals surface area contributed by atoms with Gasteiger partial charge in [-0.3, -0.25) is 4.79 Å². The molecular formula is C14H30N2O3. The average Bonchev–Trinajstić information content (AvgIpc) is 2.43. The van der Waals surface area contributed by atoms with Crippen LogP contribution in [0, 0.1) is 5.92 Å². The smallest absolute Gasteiger partial charge is 0.222 e. The zero-order valence-corrected chi connectivity index (χ0v) is 12.7. The van der Waals surface area contributed by atoms with E-state index in [1.54, 1.807) is 0 Å². The summed E-state index contributed by atoms with van der Waals surface area (Å²) < 4.78 is 10.6. The minimum absolute atomic E-state index is 0.166. The number of carbonyl (C=O) groups excluding carboxylic acids is 1. The lowest BCUT2D eigenvalue weighted by Gasteiger charge is -2.23. The Kier molecular flexibility index (Phi) is 12.0. The van der Waals surface area contributed by atoms with Crippen molar-refractivity contribution < 1.29 is 14.3 Å². The van der Waals surface area contributed by atoms with Crippen molar-refractivity contribution in [3.63, 3.8) is 0 Å². The molecule has 0 aliphatic heterocycles. The molecule has 1 unspecified atom stereocenters. The van der Waals surface area contributed by atoms with Crippen LogP contribution in [0.25, 0.3) is 0 Å². The van der Waals surface area contributed by atoms with Crippen molar-refractivity contribution in [3.8, 4) is 0 Å². The summed E-state index contributed by atoms with van der Waals surface area (Å²) in [6.45, 7) is 10.4. The third-order valence-corrected chi connectivity index (χ3v) is 3.03. The van der Waals surface area contributed by atoms with Gasteiger partial charge in [0.15, 0.2) is 0 Å². The van der Waals surface area contributed by atoms with Crippen LogP contribution in [0.5, 0.6) is 0 Å². The topological polar surface area (TPSA) is 64.8 Å². The average molecular weight is 274 g/mol. The quantitative estimate of drug-likeness (QED) is 0.544. The summed E-state index contributed by atoms with van der Waals surface area (Å²) in [5, 5.41) is 0. The summed E-state index contributed by atoms with van der Waals surface area (Å²) in [5.74, 6) is 0.560. The lowest BCUT2D eigenvalue weighted by Crippen LogP contribution is -2.37. The molecule has 0 aromatic rings. The number of nitrogens with two attached hydrogens (primary N) is 1.